The second-order valence-electron chi connectivity index (χ2n) is 10.2. The molecule has 0 aliphatic carbocycles. The van der Waals surface area contributed by atoms with Crippen LogP contribution in [0.5, 0.6) is 0 Å². The van der Waals surface area contributed by atoms with Crippen LogP contribution in [0.15, 0.2) is 115 Å². The van der Waals surface area contributed by atoms with Crippen molar-refractivity contribution in [2.45, 2.75) is 58.4 Å². The van der Waals surface area contributed by atoms with Gasteiger partial charge in [0.25, 0.3) is 0 Å². The van der Waals surface area contributed by atoms with Crippen LogP contribution in [0.1, 0.15) is 61.3 Å². The van der Waals surface area contributed by atoms with Crippen molar-refractivity contribution in [3.8, 4) is 0 Å². The maximum atomic E-state index is 13.6. The fourth-order valence-electron chi connectivity index (χ4n) is 5.03. The van der Waals surface area contributed by atoms with Gasteiger partial charge in [-0.05, 0) is 57.4 Å². The molecule has 0 radical (unpaired) electrons. The van der Waals surface area contributed by atoms with E-state index in [4.69, 9.17) is 0 Å². The van der Waals surface area contributed by atoms with Gasteiger partial charge in [-0.3, -0.25) is 9.69 Å². The van der Waals surface area contributed by atoms with Crippen LogP contribution >= 0.6 is 7.92 Å². The second kappa shape index (κ2) is 13.0. The van der Waals surface area contributed by atoms with Crippen molar-refractivity contribution in [3.63, 3.8) is 0 Å². The van der Waals surface area contributed by atoms with Crippen LogP contribution in [0.3, 0.4) is 0 Å². The lowest BCUT2D eigenvalue weighted by Crippen LogP contribution is -2.36. The first kappa shape index (κ1) is 27.0. The topological polar surface area (TPSA) is 20.3 Å². The van der Waals surface area contributed by atoms with Gasteiger partial charge in [0.2, 0.25) is 0 Å². The van der Waals surface area contributed by atoms with E-state index in [9.17, 15) is 4.79 Å². The zero-order chi connectivity index (χ0) is 26.2. The summed E-state index contributed by atoms with van der Waals surface area (Å²) in [6.45, 7) is 9.94. The van der Waals surface area contributed by atoms with Crippen molar-refractivity contribution < 1.29 is 4.79 Å². The molecule has 4 aromatic rings. The lowest BCUT2D eigenvalue weighted by Gasteiger charge is -2.32. The molecule has 4 aromatic carbocycles. The van der Waals surface area contributed by atoms with Gasteiger partial charge < -0.3 is 0 Å². The molecule has 190 valence electrons. The van der Waals surface area contributed by atoms with Gasteiger partial charge >= 0.3 is 0 Å². The number of Topliss-reactive ketones (excluding diaryl/α,β-unsaturated/α-hetero) is 1. The molecular weight excluding hydrogens is 469 g/mol. The highest BCUT2D eigenvalue weighted by atomic mass is 31.1. The molecular formula is C34H38NOP. The van der Waals surface area contributed by atoms with Gasteiger partial charge in [0, 0.05) is 36.3 Å². The Kier molecular flexibility index (Phi) is 9.45. The van der Waals surface area contributed by atoms with Crippen LogP contribution in [0.25, 0.3) is 0 Å². The summed E-state index contributed by atoms with van der Waals surface area (Å²) in [5.74, 6) is 0.196. The molecule has 0 aromatic heterocycles. The van der Waals surface area contributed by atoms with Crippen molar-refractivity contribution in [3.05, 3.63) is 132 Å². The summed E-state index contributed by atoms with van der Waals surface area (Å²) >= 11 is 0. The number of benzene rings is 4. The number of carbonyl (C=O) groups excluding carboxylic acids is 1. The minimum Gasteiger partial charge on any atom is -0.294 e. The van der Waals surface area contributed by atoms with Crippen LogP contribution in [0.2, 0.25) is 0 Å². The number of ketones is 1. The van der Waals surface area contributed by atoms with E-state index in [0.29, 0.717) is 18.5 Å². The summed E-state index contributed by atoms with van der Waals surface area (Å²) in [6.07, 6.45) is 0.473. The SMILES string of the molecule is CC(C)N(Cc1cccc([C@@H](CC(=O)c2ccccc2)P(c2ccccc2)c2ccccc2)c1)C(C)C. The summed E-state index contributed by atoms with van der Waals surface area (Å²) < 4.78 is 0. The molecule has 0 bridgehead atoms. The Morgan fingerprint density at radius 1 is 0.676 bits per heavy atom. The van der Waals surface area contributed by atoms with E-state index in [1.54, 1.807) is 0 Å². The molecule has 0 N–H and O–H groups in total. The molecule has 0 fully saturated rings. The Hall–Kier alpha value is -3.06. The first-order chi connectivity index (χ1) is 17.9. The fourth-order valence-corrected chi connectivity index (χ4v) is 7.84. The summed E-state index contributed by atoms with van der Waals surface area (Å²) in [5.41, 5.74) is 3.39. The second-order valence-corrected chi connectivity index (χ2v) is 12.6. The molecule has 0 aliphatic rings. The molecule has 3 heteroatoms. The maximum Gasteiger partial charge on any atom is 0.163 e. The summed E-state index contributed by atoms with van der Waals surface area (Å²) in [7, 11) is -0.806. The van der Waals surface area contributed by atoms with E-state index >= 15 is 0 Å². The van der Waals surface area contributed by atoms with Crippen LogP contribution < -0.4 is 10.6 Å². The maximum absolute atomic E-state index is 13.6. The van der Waals surface area contributed by atoms with Gasteiger partial charge in [0.15, 0.2) is 5.78 Å². The lowest BCUT2D eigenvalue weighted by atomic mass is 10.0. The fraction of sp³-hybridized carbons (Fsp3) is 0.265. The Morgan fingerprint density at radius 2 is 1.19 bits per heavy atom. The molecule has 37 heavy (non-hydrogen) atoms. The standard InChI is InChI=1S/C34H38NOP/c1-26(2)35(27(3)4)25-28-15-14-18-30(23-28)34(24-33(36)29-16-8-5-9-17-29)37(31-19-10-6-11-20-31)32-21-12-7-13-22-32/h5-23,26-27,34H,24-25H2,1-4H3/t34-/m1/s1. The smallest absolute Gasteiger partial charge is 0.163 e. The predicted molar refractivity (Wildman–Crippen MR) is 159 cm³/mol. The molecule has 0 heterocycles. The molecule has 0 aliphatic heterocycles. The van der Waals surface area contributed by atoms with E-state index in [2.05, 4.69) is 118 Å². The zero-order valence-corrected chi connectivity index (χ0v) is 23.3. The number of rotatable bonds is 11. The highest BCUT2D eigenvalue weighted by Crippen LogP contribution is 2.52. The van der Waals surface area contributed by atoms with E-state index in [-0.39, 0.29) is 11.4 Å². The molecule has 0 amide bonds. The number of carbonyl (C=O) groups is 1. The minimum absolute atomic E-state index is 0.0685. The quantitative estimate of drug-likeness (QED) is 0.153. The molecule has 4 rings (SSSR count). The minimum atomic E-state index is -0.806. The van der Waals surface area contributed by atoms with E-state index in [0.717, 1.165) is 12.1 Å². The average Bonchev–Trinajstić information content (AvgIpc) is 2.93. The molecule has 0 unspecified atom stereocenters. The van der Waals surface area contributed by atoms with Gasteiger partial charge in [0.05, 0.1) is 0 Å². The molecule has 1 atom stereocenters. The number of hydrogen-bond acceptors (Lipinski definition) is 2. The van der Waals surface area contributed by atoms with Gasteiger partial charge in [-0.2, -0.15) is 0 Å². The first-order valence-electron chi connectivity index (χ1n) is 13.3. The van der Waals surface area contributed by atoms with Gasteiger partial charge in [-0.15, -0.1) is 0 Å². The Morgan fingerprint density at radius 3 is 1.70 bits per heavy atom. The van der Waals surface area contributed by atoms with Gasteiger partial charge in [0.1, 0.15) is 0 Å². The van der Waals surface area contributed by atoms with Gasteiger partial charge in [-0.25, -0.2) is 0 Å². The predicted octanol–water partition coefficient (Wildman–Crippen LogP) is 7.75. The highest BCUT2D eigenvalue weighted by molar-refractivity contribution is 7.73. The third kappa shape index (κ3) is 7.04. The monoisotopic (exact) mass is 507 g/mol. The third-order valence-electron chi connectivity index (χ3n) is 6.88. The van der Waals surface area contributed by atoms with Crippen molar-refractivity contribution in [1.29, 1.82) is 0 Å². The Balaban J connectivity index is 1.80. The molecule has 2 nitrogen and oxygen atoms in total. The summed E-state index contributed by atoms with van der Waals surface area (Å²) in [5, 5.41) is 2.59. The normalized spacial score (nSPS) is 12.4. The van der Waals surface area contributed by atoms with E-state index in [1.807, 2.05) is 30.3 Å². The lowest BCUT2D eigenvalue weighted by molar-refractivity contribution is 0.0981. The third-order valence-corrected chi connectivity index (χ3v) is 9.70. The average molecular weight is 508 g/mol. The largest absolute Gasteiger partial charge is 0.294 e. The van der Waals surface area contributed by atoms with E-state index in [1.165, 1.54) is 21.7 Å². The Labute approximate surface area is 224 Å². The van der Waals surface area contributed by atoms with Crippen LogP contribution in [-0.2, 0) is 6.54 Å². The first-order valence-corrected chi connectivity index (χ1v) is 14.7. The Bertz CT molecular complexity index is 1210. The molecule has 0 saturated heterocycles. The highest BCUT2D eigenvalue weighted by Gasteiger charge is 2.29. The van der Waals surface area contributed by atoms with Crippen molar-refractivity contribution in [1.82, 2.24) is 4.90 Å². The van der Waals surface area contributed by atoms with Crippen LogP contribution in [-0.4, -0.2) is 22.8 Å². The van der Waals surface area contributed by atoms with Crippen LogP contribution in [0, 0.1) is 0 Å². The van der Waals surface area contributed by atoms with Crippen molar-refractivity contribution in [2.24, 2.45) is 0 Å². The van der Waals surface area contributed by atoms with Gasteiger partial charge in [-0.1, -0.05) is 115 Å². The number of nitrogens with zero attached hydrogens (tertiary/aromatic N) is 1. The van der Waals surface area contributed by atoms with Crippen molar-refractivity contribution >= 4 is 24.3 Å². The summed E-state index contributed by atoms with van der Waals surface area (Å²) in [6, 6.07) is 41.1. The molecule has 0 spiro atoms. The summed E-state index contributed by atoms with van der Waals surface area (Å²) in [4.78, 5) is 16.2. The zero-order valence-electron chi connectivity index (χ0n) is 22.4. The number of hydrogen-bond donors (Lipinski definition) is 0. The van der Waals surface area contributed by atoms with Crippen LogP contribution in [0.4, 0.5) is 0 Å². The van der Waals surface area contributed by atoms with Crippen molar-refractivity contribution in [2.75, 3.05) is 0 Å². The van der Waals surface area contributed by atoms with E-state index < -0.39 is 7.92 Å². The molecule has 0 saturated carbocycles.